The van der Waals surface area contributed by atoms with Crippen LogP contribution in [0.15, 0.2) is 47.1 Å². The van der Waals surface area contributed by atoms with Crippen molar-refractivity contribution < 1.29 is 23.5 Å². The summed E-state index contributed by atoms with van der Waals surface area (Å²) in [6, 6.07) is 11.2. The van der Waals surface area contributed by atoms with E-state index < -0.39 is 0 Å². The van der Waals surface area contributed by atoms with Gasteiger partial charge in [-0.3, -0.25) is 4.79 Å². The van der Waals surface area contributed by atoms with Crippen molar-refractivity contribution in [3.05, 3.63) is 59.7 Å². The first-order chi connectivity index (χ1) is 17.6. The third kappa shape index (κ3) is 4.84. The fraction of sp³-hybridized carbons (Fsp3) is 0.385. The van der Waals surface area contributed by atoms with Gasteiger partial charge in [0.2, 0.25) is 5.95 Å². The zero-order valence-corrected chi connectivity index (χ0v) is 20.4. The Morgan fingerprint density at radius 1 is 1.11 bits per heavy atom. The number of ketones is 1. The van der Waals surface area contributed by atoms with E-state index in [1.165, 1.54) is 0 Å². The summed E-state index contributed by atoms with van der Waals surface area (Å²) in [6.07, 6.45) is 2.22. The molecule has 3 aromatic rings. The summed E-state index contributed by atoms with van der Waals surface area (Å²) in [5, 5.41) is 3.32. The molecule has 0 radical (unpaired) electrons. The highest BCUT2D eigenvalue weighted by atomic mass is 16.6. The number of nitrogens with one attached hydrogen (secondary N) is 1. The molecule has 1 amide bonds. The topological polar surface area (TPSA) is 110 Å². The van der Waals surface area contributed by atoms with Gasteiger partial charge in [0.25, 0.3) is 0 Å². The van der Waals surface area contributed by atoms with Gasteiger partial charge in [0.1, 0.15) is 17.3 Å². The minimum absolute atomic E-state index is 0.0210. The van der Waals surface area contributed by atoms with Crippen molar-refractivity contribution in [1.82, 2.24) is 14.9 Å². The number of Topliss-reactive ketones (excluding diaryl/α,β-unsaturated/α-hetero) is 1. The fourth-order valence-electron chi connectivity index (χ4n) is 4.64. The van der Waals surface area contributed by atoms with Crippen LogP contribution in [0.3, 0.4) is 0 Å². The molecule has 0 spiro atoms. The molecule has 1 aliphatic heterocycles. The summed E-state index contributed by atoms with van der Waals surface area (Å²) >= 11 is 0. The van der Waals surface area contributed by atoms with Crippen molar-refractivity contribution in [2.24, 2.45) is 0 Å². The molecule has 0 saturated carbocycles. The average Bonchev–Trinajstić information content (AvgIpc) is 3.44. The molecular formula is C26H29N5O5. The molecule has 10 nitrogen and oxygen atoms in total. The van der Waals surface area contributed by atoms with Crippen molar-refractivity contribution in [1.29, 1.82) is 0 Å². The number of anilines is 3. The molecule has 1 saturated heterocycles. The van der Waals surface area contributed by atoms with Crippen LogP contribution in [0.4, 0.5) is 22.2 Å². The Bertz CT molecular complexity index is 1220. The van der Waals surface area contributed by atoms with E-state index in [0.717, 1.165) is 17.2 Å². The molecule has 0 bridgehead atoms. The van der Waals surface area contributed by atoms with Crippen LogP contribution in [-0.2, 0) is 11.2 Å². The first kappa shape index (κ1) is 23.7. The third-order valence-corrected chi connectivity index (χ3v) is 6.51. The molecule has 5 rings (SSSR count). The zero-order chi connectivity index (χ0) is 25.1. The Hall–Kier alpha value is -4.08. The Morgan fingerprint density at radius 3 is 2.56 bits per heavy atom. The lowest BCUT2D eigenvalue weighted by Crippen LogP contribution is -2.49. The molecule has 3 heterocycles. The van der Waals surface area contributed by atoms with Crippen LogP contribution in [0, 0.1) is 0 Å². The molecule has 188 valence electrons. The Kier molecular flexibility index (Phi) is 6.75. The second kappa shape index (κ2) is 10.3. The van der Waals surface area contributed by atoms with Gasteiger partial charge in [-0.15, -0.1) is 0 Å². The summed E-state index contributed by atoms with van der Waals surface area (Å²) in [5.41, 5.74) is 2.00. The predicted octanol–water partition coefficient (Wildman–Crippen LogP) is 4.01. The average molecular weight is 492 g/mol. The lowest BCUT2D eigenvalue weighted by atomic mass is 9.84. The smallest absolute Gasteiger partial charge is 0.409 e. The van der Waals surface area contributed by atoms with Gasteiger partial charge in [-0.05, 0) is 43.3 Å². The maximum absolute atomic E-state index is 13.3. The molecule has 1 aliphatic carbocycles. The molecule has 1 fully saturated rings. The van der Waals surface area contributed by atoms with E-state index in [1.807, 2.05) is 41.3 Å². The molecular weight excluding hydrogens is 462 g/mol. The highest BCUT2D eigenvalue weighted by Crippen LogP contribution is 2.36. The van der Waals surface area contributed by atoms with E-state index in [9.17, 15) is 9.59 Å². The van der Waals surface area contributed by atoms with Crippen LogP contribution in [0.5, 0.6) is 5.75 Å². The van der Waals surface area contributed by atoms with E-state index in [2.05, 4.69) is 5.32 Å². The van der Waals surface area contributed by atoms with E-state index in [4.69, 9.17) is 23.9 Å². The number of aromatic nitrogens is 2. The Labute approximate surface area is 209 Å². The maximum Gasteiger partial charge on any atom is 0.409 e. The van der Waals surface area contributed by atoms with Gasteiger partial charge >= 0.3 is 6.09 Å². The van der Waals surface area contributed by atoms with Crippen LogP contribution in [0.25, 0.3) is 0 Å². The number of rotatable bonds is 6. The number of carbonyl (C=O) groups excluding carboxylic acids is 2. The number of hydrogen-bond acceptors (Lipinski definition) is 9. The molecule has 1 atom stereocenters. The first-order valence-corrected chi connectivity index (χ1v) is 12.1. The van der Waals surface area contributed by atoms with Gasteiger partial charge in [-0.25, -0.2) is 9.78 Å². The Balaban J connectivity index is 1.46. The minimum atomic E-state index is -0.308. The van der Waals surface area contributed by atoms with Crippen molar-refractivity contribution >= 4 is 29.3 Å². The van der Waals surface area contributed by atoms with Crippen LogP contribution in [0.1, 0.15) is 41.1 Å². The summed E-state index contributed by atoms with van der Waals surface area (Å²) in [5.74, 6) is 2.44. The van der Waals surface area contributed by atoms with E-state index >= 15 is 0 Å². The lowest BCUT2D eigenvalue weighted by Gasteiger charge is -2.35. The van der Waals surface area contributed by atoms with Gasteiger partial charge < -0.3 is 29.0 Å². The summed E-state index contributed by atoms with van der Waals surface area (Å²) in [6.45, 7) is 4.29. The summed E-state index contributed by atoms with van der Waals surface area (Å²) in [7, 11) is 1.62. The lowest BCUT2D eigenvalue weighted by molar-refractivity contribution is 0.0958. The van der Waals surface area contributed by atoms with Crippen LogP contribution in [0.2, 0.25) is 0 Å². The molecule has 2 aliphatic rings. The highest BCUT2D eigenvalue weighted by Gasteiger charge is 2.34. The molecule has 2 aromatic heterocycles. The molecule has 10 heteroatoms. The number of nitrogens with zero attached hydrogens (tertiary/aromatic N) is 4. The van der Waals surface area contributed by atoms with Crippen molar-refractivity contribution in [2.75, 3.05) is 50.1 Å². The minimum Gasteiger partial charge on any atom is -0.497 e. The predicted molar refractivity (Wildman–Crippen MR) is 133 cm³/mol. The molecule has 1 N–H and O–H groups in total. The second-order valence-corrected chi connectivity index (χ2v) is 8.76. The number of furan rings is 1. The second-order valence-electron chi connectivity index (χ2n) is 8.76. The molecule has 1 unspecified atom stereocenters. The van der Waals surface area contributed by atoms with Crippen molar-refractivity contribution in [3.8, 4) is 5.75 Å². The number of fused-ring (bicyclic) bond motifs is 1. The normalized spacial score (nSPS) is 17.5. The summed E-state index contributed by atoms with van der Waals surface area (Å²) < 4.78 is 16.0. The van der Waals surface area contributed by atoms with Gasteiger partial charge in [0, 0.05) is 50.6 Å². The van der Waals surface area contributed by atoms with E-state index in [0.29, 0.717) is 68.7 Å². The standard InChI is InChI=1S/C26H29N5O5/c1-3-35-26(33)31-12-10-30(11-13-31)25-28-20-15-17(22-5-4-14-36-22)16-21(32)23(20)24(29-25)27-18-6-8-19(34-2)9-7-18/h4-9,14,17H,3,10-13,15-16H2,1-2H3,(H,27,28,29). The maximum atomic E-state index is 13.3. The van der Waals surface area contributed by atoms with Crippen molar-refractivity contribution in [3.63, 3.8) is 0 Å². The monoisotopic (exact) mass is 491 g/mol. The Morgan fingerprint density at radius 2 is 1.89 bits per heavy atom. The number of methoxy groups -OCH3 is 1. The van der Waals surface area contributed by atoms with Gasteiger partial charge in [-0.2, -0.15) is 4.98 Å². The van der Waals surface area contributed by atoms with Gasteiger partial charge in [-0.1, -0.05) is 0 Å². The van der Waals surface area contributed by atoms with Crippen molar-refractivity contribution in [2.45, 2.75) is 25.7 Å². The zero-order valence-electron chi connectivity index (χ0n) is 20.4. The number of benzene rings is 1. The van der Waals surface area contributed by atoms with Crippen LogP contribution in [-0.4, -0.2) is 66.6 Å². The SMILES string of the molecule is CCOC(=O)N1CCN(c2nc3c(c(Nc4ccc(OC)cc4)n2)C(=O)CC(c2ccco2)C3)CC1. The number of ether oxygens (including phenoxy) is 2. The summed E-state index contributed by atoms with van der Waals surface area (Å²) in [4.78, 5) is 38.8. The number of hydrogen-bond donors (Lipinski definition) is 1. The van der Waals surface area contributed by atoms with E-state index in [-0.39, 0.29) is 17.8 Å². The molecule has 36 heavy (non-hydrogen) atoms. The largest absolute Gasteiger partial charge is 0.497 e. The van der Waals surface area contributed by atoms with Crippen LogP contribution >= 0.6 is 0 Å². The fourth-order valence-corrected chi connectivity index (χ4v) is 4.64. The third-order valence-electron chi connectivity index (χ3n) is 6.51. The van der Waals surface area contributed by atoms with Crippen LogP contribution < -0.4 is 15.0 Å². The van der Waals surface area contributed by atoms with E-state index in [1.54, 1.807) is 25.2 Å². The highest BCUT2D eigenvalue weighted by molar-refractivity contribution is 6.03. The number of carbonyl (C=O) groups is 2. The number of amides is 1. The van der Waals surface area contributed by atoms with Gasteiger partial charge in [0.05, 0.1) is 31.2 Å². The first-order valence-electron chi connectivity index (χ1n) is 12.1. The molecule has 1 aromatic carbocycles. The number of piperazine rings is 1. The van der Waals surface area contributed by atoms with Gasteiger partial charge in [0.15, 0.2) is 5.78 Å². The quantitative estimate of drug-likeness (QED) is 0.547.